The molecule has 2 N–H and O–H groups in total. The van der Waals surface area contributed by atoms with E-state index in [1.807, 2.05) is 0 Å². The minimum absolute atomic E-state index is 0.0425. The van der Waals surface area contributed by atoms with E-state index in [1.165, 1.54) is 11.0 Å². The first-order chi connectivity index (χ1) is 8.99. The van der Waals surface area contributed by atoms with Crippen molar-refractivity contribution in [3.63, 3.8) is 0 Å². The molecule has 1 fully saturated rings. The lowest BCUT2D eigenvalue weighted by atomic mass is 10.1. The molecule has 0 spiro atoms. The van der Waals surface area contributed by atoms with Gasteiger partial charge in [-0.15, -0.1) is 0 Å². The number of aromatic nitrogens is 1. The van der Waals surface area contributed by atoms with Crippen LogP contribution in [0.1, 0.15) is 23.2 Å². The Bertz CT molecular complexity index is 523. The van der Waals surface area contributed by atoms with Crippen LogP contribution >= 0.6 is 11.6 Å². The normalized spacial score (nSPS) is 19.3. The van der Waals surface area contributed by atoms with Gasteiger partial charge in [-0.1, -0.05) is 11.6 Å². The molecule has 2 rings (SSSR count). The maximum Gasteiger partial charge on any atom is 0.300 e. The molecule has 1 amide bonds. The Labute approximate surface area is 114 Å². The summed E-state index contributed by atoms with van der Waals surface area (Å²) in [7, 11) is 0. The minimum Gasteiger partial charge on any atom is -0.337 e. The molecular weight excluding hydrogens is 272 g/mol. The van der Waals surface area contributed by atoms with Crippen molar-refractivity contribution in [2.24, 2.45) is 5.73 Å². The van der Waals surface area contributed by atoms with Gasteiger partial charge >= 0.3 is 0 Å². The average Bonchev–Trinajstić information content (AvgIpc) is 2.37. The second kappa shape index (κ2) is 5.50. The number of amides is 1. The molecule has 1 aromatic rings. The highest BCUT2D eigenvalue weighted by atomic mass is 35.5. The first kappa shape index (κ1) is 13.7. The van der Waals surface area contributed by atoms with Crippen molar-refractivity contribution in [2.75, 3.05) is 13.1 Å². The second-order valence-electron chi connectivity index (χ2n) is 4.43. The number of likely N-dealkylation sites (tertiary alicyclic amines) is 1. The van der Waals surface area contributed by atoms with Crippen molar-refractivity contribution in [1.82, 2.24) is 9.88 Å². The summed E-state index contributed by atoms with van der Waals surface area (Å²) in [6, 6.07) is 1.14. The average molecular weight is 285 g/mol. The molecule has 19 heavy (non-hydrogen) atoms. The Hall–Kier alpha value is -1.73. The van der Waals surface area contributed by atoms with Crippen molar-refractivity contribution < 1.29 is 9.72 Å². The minimum atomic E-state index is -0.638. The standard InChI is InChI=1S/C11H13ClN4O3/c12-10-4-8(9(5-14-10)16(18)19)11(17)15-3-1-2-7(13)6-15/h4-5,7H,1-3,6,13H2/t7-/m1/s1. The summed E-state index contributed by atoms with van der Waals surface area (Å²) in [5, 5.41) is 11.0. The highest BCUT2D eigenvalue weighted by molar-refractivity contribution is 6.29. The Morgan fingerprint density at radius 1 is 1.63 bits per heavy atom. The lowest BCUT2D eigenvalue weighted by molar-refractivity contribution is -0.385. The van der Waals surface area contributed by atoms with Crippen molar-refractivity contribution in [3.8, 4) is 0 Å². The van der Waals surface area contributed by atoms with E-state index in [2.05, 4.69) is 4.98 Å². The van der Waals surface area contributed by atoms with Gasteiger partial charge in [0.1, 0.15) is 16.9 Å². The Balaban J connectivity index is 2.32. The predicted molar refractivity (Wildman–Crippen MR) is 69.0 cm³/mol. The van der Waals surface area contributed by atoms with Crippen LogP contribution in [-0.2, 0) is 0 Å². The van der Waals surface area contributed by atoms with Gasteiger partial charge in [0.25, 0.3) is 11.6 Å². The van der Waals surface area contributed by atoms with Gasteiger partial charge in [0.2, 0.25) is 0 Å². The number of halogens is 1. The number of carbonyl (C=O) groups is 1. The van der Waals surface area contributed by atoms with E-state index >= 15 is 0 Å². The fourth-order valence-corrected chi connectivity index (χ4v) is 2.26. The van der Waals surface area contributed by atoms with E-state index in [9.17, 15) is 14.9 Å². The van der Waals surface area contributed by atoms with Gasteiger partial charge in [-0.2, -0.15) is 0 Å². The smallest absolute Gasteiger partial charge is 0.300 e. The number of hydrogen-bond donors (Lipinski definition) is 1. The zero-order valence-electron chi connectivity index (χ0n) is 10.1. The third kappa shape index (κ3) is 2.99. The number of carbonyl (C=O) groups excluding carboxylic acids is 1. The number of piperidine rings is 1. The number of nitrogens with two attached hydrogens (primary N) is 1. The van der Waals surface area contributed by atoms with Gasteiger partial charge in [-0.25, -0.2) is 4.98 Å². The first-order valence-electron chi connectivity index (χ1n) is 5.84. The molecule has 0 aliphatic carbocycles. The van der Waals surface area contributed by atoms with Crippen LogP contribution in [0.2, 0.25) is 5.15 Å². The van der Waals surface area contributed by atoms with Crippen molar-refractivity contribution in [2.45, 2.75) is 18.9 Å². The van der Waals surface area contributed by atoms with Crippen LogP contribution in [0.15, 0.2) is 12.3 Å². The Kier molecular flexibility index (Phi) is 3.96. The molecule has 1 aliphatic rings. The number of nitro groups is 1. The maximum absolute atomic E-state index is 12.3. The second-order valence-corrected chi connectivity index (χ2v) is 4.82. The third-order valence-corrected chi connectivity index (χ3v) is 3.23. The molecule has 1 aliphatic heterocycles. The van der Waals surface area contributed by atoms with Gasteiger partial charge in [0.05, 0.1) is 4.92 Å². The molecule has 0 radical (unpaired) electrons. The largest absolute Gasteiger partial charge is 0.337 e. The van der Waals surface area contributed by atoms with E-state index < -0.39 is 10.8 Å². The number of pyridine rings is 1. The zero-order chi connectivity index (χ0) is 14.0. The van der Waals surface area contributed by atoms with Crippen LogP contribution in [0.25, 0.3) is 0 Å². The van der Waals surface area contributed by atoms with E-state index in [4.69, 9.17) is 17.3 Å². The molecule has 8 heteroatoms. The maximum atomic E-state index is 12.3. The van der Waals surface area contributed by atoms with E-state index in [0.29, 0.717) is 13.1 Å². The zero-order valence-corrected chi connectivity index (χ0v) is 10.8. The number of rotatable bonds is 2. The van der Waals surface area contributed by atoms with Gasteiger partial charge in [0, 0.05) is 19.1 Å². The molecule has 7 nitrogen and oxygen atoms in total. The van der Waals surface area contributed by atoms with E-state index in [0.717, 1.165) is 19.0 Å². The van der Waals surface area contributed by atoms with E-state index in [-0.39, 0.29) is 22.4 Å². The molecule has 1 saturated heterocycles. The number of hydrogen-bond acceptors (Lipinski definition) is 5. The fraction of sp³-hybridized carbons (Fsp3) is 0.455. The van der Waals surface area contributed by atoms with Crippen LogP contribution in [0.3, 0.4) is 0 Å². The molecule has 0 aromatic carbocycles. The molecule has 0 saturated carbocycles. The molecule has 2 heterocycles. The van der Waals surface area contributed by atoms with Crippen molar-refractivity contribution in [3.05, 3.63) is 33.1 Å². The highest BCUT2D eigenvalue weighted by Gasteiger charge is 2.28. The van der Waals surface area contributed by atoms with Crippen LogP contribution in [0.4, 0.5) is 5.69 Å². The van der Waals surface area contributed by atoms with Crippen molar-refractivity contribution >= 4 is 23.2 Å². The van der Waals surface area contributed by atoms with Gasteiger partial charge < -0.3 is 10.6 Å². The Morgan fingerprint density at radius 2 is 2.37 bits per heavy atom. The first-order valence-corrected chi connectivity index (χ1v) is 6.21. The summed E-state index contributed by atoms with van der Waals surface area (Å²) in [6.45, 7) is 0.944. The van der Waals surface area contributed by atoms with Gasteiger partial charge in [0.15, 0.2) is 0 Å². The van der Waals surface area contributed by atoms with Crippen LogP contribution in [0.5, 0.6) is 0 Å². The quantitative estimate of drug-likeness (QED) is 0.499. The molecule has 102 valence electrons. The lowest BCUT2D eigenvalue weighted by Crippen LogP contribution is -2.45. The fourth-order valence-electron chi connectivity index (χ4n) is 2.10. The topological polar surface area (TPSA) is 102 Å². The molecule has 1 atom stereocenters. The molecular formula is C11H13ClN4O3. The number of nitrogens with zero attached hydrogens (tertiary/aromatic N) is 3. The van der Waals surface area contributed by atoms with Crippen LogP contribution in [-0.4, -0.2) is 39.8 Å². The summed E-state index contributed by atoms with van der Waals surface area (Å²) in [5.41, 5.74) is 5.42. The third-order valence-electron chi connectivity index (χ3n) is 3.02. The molecule has 0 bridgehead atoms. The summed E-state index contributed by atoms with van der Waals surface area (Å²) >= 11 is 5.70. The lowest BCUT2D eigenvalue weighted by Gasteiger charge is -2.30. The monoisotopic (exact) mass is 284 g/mol. The highest BCUT2D eigenvalue weighted by Crippen LogP contribution is 2.23. The van der Waals surface area contributed by atoms with Gasteiger partial charge in [-0.3, -0.25) is 14.9 Å². The summed E-state index contributed by atoms with van der Waals surface area (Å²) < 4.78 is 0. The van der Waals surface area contributed by atoms with Crippen molar-refractivity contribution in [1.29, 1.82) is 0 Å². The van der Waals surface area contributed by atoms with E-state index in [1.54, 1.807) is 0 Å². The summed E-state index contributed by atoms with van der Waals surface area (Å²) in [5.74, 6) is -0.425. The Morgan fingerprint density at radius 3 is 3.00 bits per heavy atom. The van der Waals surface area contributed by atoms with Crippen LogP contribution in [0, 0.1) is 10.1 Å². The van der Waals surface area contributed by atoms with Gasteiger partial charge in [-0.05, 0) is 18.9 Å². The SMILES string of the molecule is N[C@@H]1CCCN(C(=O)c2cc(Cl)ncc2[N+](=O)[O-])C1. The summed E-state index contributed by atoms with van der Waals surface area (Å²) in [4.78, 5) is 27.7. The summed E-state index contributed by atoms with van der Waals surface area (Å²) in [6.07, 6.45) is 2.64. The predicted octanol–water partition coefficient (Wildman–Crippen LogP) is 1.21. The molecule has 0 unspecified atom stereocenters. The van der Waals surface area contributed by atoms with Crippen LogP contribution < -0.4 is 5.73 Å². The molecule has 1 aromatic heterocycles.